The minimum atomic E-state index is 0.202. The Morgan fingerprint density at radius 2 is 2.15 bits per heavy atom. The SMILES string of the molecule is CCC1=CC(=O)[C@@H](C)[C@@](C)(CC)C1. The highest BCUT2D eigenvalue weighted by Crippen LogP contribution is 2.42. The van der Waals surface area contributed by atoms with Gasteiger partial charge in [0.25, 0.3) is 0 Å². The highest BCUT2D eigenvalue weighted by atomic mass is 16.1. The van der Waals surface area contributed by atoms with E-state index in [9.17, 15) is 4.79 Å². The molecule has 0 bridgehead atoms. The molecular formula is C12H20O. The molecule has 0 saturated carbocycles. The number of allylic oxidation sites excluding steroid dienone is 2. The number of hydrogen-bond acceptors (Lipinski definition) is 1. The molecule has 74 valence electrons. The van der Waals surface area contributed by atoms with Gasteiger partial charge in [-0.15, -0.1) is 0 Å². The minimum absolute atomic E-state index is 0.202. The molecule has 0 heterocycles. The zero-order valence-electron chi connectivity index (χ0n) is 9.18. The first-order valence-electron chi connectivity index (χ1n) is 5.26. The van der Waals surface area contributed by atoms with Gasteiger partial charge in [-0.05, 0) is 30.8 Å². The van der Waals surface area contributed by atoms with E-state index in [0.29, 0.717) is 5.78 Å². The molecule has 0 unspecified atom stereocenters. The smallest absolute Gasteiger partial charge is 0.158 e. The molecule has 1 heteroatoms. The van der Waals surface area contributed by atoms with Gasteiger partial charge in [0.15, 0.2) is 5.78 Å². The van der Waals surface area contributed by atoms with Crippen molar-refractivity contribution in [3.8, 4) is 0 Å². The van der Waals surface area contributed by atoms with Gasteiger partial charge in [0.05, 0.1) is 0 Å². The van der Waals surface area contributed by atoms with Gasteiger partial charge in [0.2, 0.25) is 0 Å². The van der Waals surface area contributed by atoms with Crippen LogP contribution in [0.3, 0.4) is 0 Å². The summed E-state index contributed by atoms with van der Waals surface area (Å²) in [6.07, 6.45) is 5.08. The standard InChI is InChI=1S/C12H20O/c1-5-10-7-11(13)9(3)12(4,6-2)8-10/h7,9H,5-6,8H2,1-4H3/t9-,12+/m1/s1. The first-order valence-corrected chi connectivity index (χ1v) is 5.26. The third-order valence-electron chi connectivity index (χ3n) is 3.71. The van der Waals surface area contributed by atoms with Gasteiger partial charge in [-0.1, -0.05) is 33.3 Å². The van der Waals surface area contributed by atoms with Gasteiger partial charge in [0, 0.05) is 5.92 Å². The van der Waals surface area contributed by atoms with Gasteiger partial charge in [-0.2, -0.15) is 0 Å². The third-order valence-corrected chi connectivity index (χ3v) is 3.71. The van der Waals surface area contributed by atoms with Crippen molar-refractivity contribution in [2.24, 2.45) is 11.3 Å². The molecule has 0 N–H and O–H groups in total. The second-order valence-electron chi connectivity index (χ2n) is 4.46. The van der Waals surface area contributed by atoms with Crippen LogP contribution >= 0.6 is 0 Å². The van der Waals surface area contributed by atoms with Crippen molar-refractivity contribution >= 4 is 5.78 Å². The molecule has 0 amide bonds. The van der Waals surface area contributed by atoms with Crippen LogP contribution < -0.4 is 0 Å². The molecule has 1 aliphatic rings. The first-order chi connectivity index (χ1) is 6.03. The first kappa shape index (κ1) is 10.5. The topological polar surface area (TPSA) is 17.1 Å². The van der Waals surface area contributed by atoms with Crippen LogP contribution in [-0.2, 0) is 4.79 Å². The zero-order chi connectivity index (χ0) is 10.1. The van der Waals surface area contributed by atoms with Crippen LogP contribution in [0.1, 0.15) is 47.0 Å². The van der Waals surface area contributed by atoms with Crippen LogP contribution in [0.25, 0.3) is 0 Å². The van der Waals surface area contributed by atoms with Crippen molar-refractivity contribution in [1.82, 2.24) is 0 Å². The lowest BCUT2D eigenvalue weighted by Crippen LogP contribution is -2.34. The summed E-state index contributed by atoms with van der Waals surface area (Å²) in [6, 6.07) is 0. The highest BCUT2D eigenvalue weighted by molar-refractivity contribution is 5.93. The molecule has 0 saturated heterocycles. The molecular weight excluding hydrogens is 160 g/mol. The quantitative estimate of drug-likeness (QED) is 0.637. The van der Waals surface area contributed by atoms with E-state index in [4.69, 9.17) is 0 Å². The second kappa shape index (κ2) is 3.65. The summed E-state index contributed by atoms with van der Waals surface area (Å²) in [5, 5.41) is 0. The summed E-state index contributed by atoms with van der Waals surface area (Å²) >= 11 is 0. The normalized spacial score (nSPS) is 34.6. The van der Waals surface area contributed by atoms with Crippen LogP contribution in [0.4, 0.5) is 0 Å². The van der Waals surface area contributed by atoms with Crippen LogP contribution in [-0.4, -0.2) is 5.78 Å². The van der Waals surface area contributed by atoms with Crippen molar-refractivity contribution < 1.29 is 4.79 Å². The van der Waals surface area contributed by atoms with E-state index in [0.717, 1.165) is 19.3 Å². The predicted octanol–water partition coefficient (Wildman–Crippen LogP) is 3.35. The van der Waals surface area contributed by atoms with Crippen LogP contribution in [0.2, 0.25) is 0 Å². The number of rotatable bonds is 2. The van der Waals surface area contributed by atoms with E-state index in [-0.39, 0.29) is 11.3 Å². The fourth-order valence-electron chi connectivity index (χ4n) is 2.05. The molecule has 2 atom stereocenters. The minimum Gasteiger partial charge on any atom is -0.295 e. The summed E-state index contributed by atoms with van der Waals surface area (Å²) in [5.74, 6) is 0.528. The number of carbonyl (C=O) groups excluding carboxylic acids is 1. The summed E-state index contributed by atoms with van der Waals surface area (Å²) in [5.41, 5.74) is 1.53. The molecule has 13 heavy (non-hydrogen) atoms. The maximum Gasteiger partial charge on any atom is 0.158 e. The molecule has 0 radical (unpaired) electrons. The summed E-state index contributed by atoms with van der Waals surface area (Å²) in [4.78, 5) is 11.7. The number of hydrogen-bond donors (Lipinski definition) is 0. The lowest BCUT2D eigenvalue weighted by molar-refractivity contribution is -0.122. The molecule has 1 rings (SSSR count). The molecule has 1 aliphatic carbocycles. The lowest BCUT2D eigenvalue weighted by Gasteiger charge is -2.37. The van der Waals surface area contributed by atoms with E-state index in [2.05, 4.69) is 27.7 Å². The highest BCUT2D eigenvalue weighted by Gasteiger charge is 2.36. The fourth-order valence-corrected chi connectivity index (χ4v) is 2.05. The number of carbonyl (C=O) groups is 1. The maximum absolute atomic E-state index is 11.7. The van der Waals surface area contributed by atoms with E-state index >= 15 is 0 Å². The van der Waals surface area contributed by atoms with Crippen molar-refractivity contribution in [2.75, 3.05) is 0 Å². The van der Waals surface area contributed by atoms with Gasteiger partial charge >= 0.3 is 0 Å². The largest absolute Gasteiger partial charge is 0.295 e. The van der Waals surface area contributed by atoms with Crippen molar-refractivity contribution in [3.05, 3.63) is 11.6 Å². The Kier molecular flexibility index (Phi) is 2.94. The van der Waals surface area contributed by atoms with Crippen molar-refractivity contribution in [1.29, 1.82) is 0 Å². The Labute approximate surface area is 81.2 Å². The Hall–Kier alpha value is -0.590. The Balaban J connectivity index is 2.94. The molecule has 0 aromatic rings. The van der Waals surface area contributed by atoms with E-state index in [1.54, 1.807) is 0 Å². The Morgan fingerprint density at radius 1 is 1.54 bits per heavy atom. The van der Waals surface area contributed by atoms with Crippen molar-refractivity contribution in [2.45, 2.75) is 47.0 Å². The summed E-state index contributed by atoms with van der Waals surface area (Å²) in [7, 11) is 0. The molecule has 0 aromatic carbocycles. The number of ketones is 1. The predicted molar refractivity (Wildman–Crippen MR) is 55.6 cm³/mol. The van der Waals surface area contributed by atoms with Crippen LogP contribution in [0.5, 0.6) is 0 Å². The Morgan fingerprint density at radius 3 is 2.62 bits per heavy atom. The average molecular weight is 180 g/mol. The fraction of sp³-hybridized carbons (Fsp3) is 0.750. The van der Waals surface area contributed by atoms with Gasteiger partial charge in [-0.3, -0.25) is 4.79 Å². The average Bonchev–Trinajstić information content (AvgIpc) is 2.13. The third kappa shape index (κ3) is 1.84. The van der Waals surface area contributed by atoms with Gasteiger partial charge in [0.1, 0.15) is 0 Å². The molecule has 0 aromatic heterocycles. The zero-order valence-corrected chi connectivity index (χ0v) is 9.18. The lowest BCUT2D eigenvalue weighted by atomic mass is 9.66. The maximum atomic E-state index is 11.7. The summed E-state index contributed by atoms with van der Waals surface area (Å²) in [6.45, 7) is 8.61. The van der Waals surface area contributed by atoms with E-state index < -0.39 is 0 Å². The molecule has 0 spiro atoms. The van der Waals surface area contributed by atoms with Crippen molar-refractivity contribution in [3.63, 3.8) is 0 Å². The van der Waals surface area contributed by atoms with E-state index in [1.165, 1.54) is 5.57 Å². The molecule has 1 nitrogen and oxygen atoms in total. The van der Waals surface area contributed by atoms with Gasteiger partial charge in [-0.25, -0.2) is 0 Å². The van der Waals surface area contributed by atoms with Gasteiger partial charge < -0.3 is 0 Å². The van der Waals surface area contributed by atoms with Crippen LogP contribution in [0.15, 0.2) is 11.6 Å². The molecule has 0 aliphatic heterocycles. The monoisotopic (exact) mass is 180 g/mol. The summed E-state index contributed by atoms with van der Waals surface area (Å²) < 4.78 is 0. The van der Waals surface area contributed by atoms with E-state index in [1.807, 2.05) is 6.08 Å². The second-order valence-corrected chi connectivity index (χ2v) is 4.46. The Bertz CT molecular complexity index is 240. The van der Waals surface area contributed by atoms with Crippen LogP contribution in [0, 0.1) is 11.3 Å². The molecule has 0 fully saturated rings.